The number of amidine groups is 1. The van der Waals surface area contributed by atoms with Gasteiger partial charge in [0.05, 0.1) is 5.69 Å². The van der Waals surface area contributed by atoms with Gasteiger partial charge >= 0.3 is 6.02 Å². The minimum Gasteiger partial charge on any atom is -0.425 e. The molecule has 27 heavy (non-hydrogen) atoms. The van der Waals surface area contributed by atoms with Gasteiger partial charge in [0.25, 0.3) is 0 Å². The summed E-state index contributed by atoms with van der Waals surface area (Å²) in [5.41, 5.74) is 9.38. The molecule has 0 saturated heterocycles. The van der Waals surface area contributed by atoms with Crippen LogP contribution in [0.3, 0.4) is 0 Å². The molecule has 0 heterocycles. The molecule has 3 N–H and O–H groups in total. The average molecular weight is 358 g/mol. The van der Waals surface area contributed by atoms with Gasteiger partial charge in [-0.05, 0) is 50.2 Å². The Morgan fingerprint density at radius 1 is 0.889 bits per heavy atom. The molecule has 0 aliphatic heterocycles. The number of anilines is 1. The quantitative estimate of drug-likeness (QED) is 0.228. The van der Waals surface area contributed by atoms with Gasteiger partial charge in [-0.2, -0.15) is 10.3 Å². The van der Waals surface area contributed by atoms with E-state index in [0.717, 1.165) is 16.9 Å². The van der Waals surface area contributed by atoms with Gasteiger partial charge < -0.3 is 10.5 Å². The highest BCUT2D eigenvalue weighted by molar-refractivity contribution is 5.80. The largest absolute Gasteiger partial charge is 0.425 e. The van der Waals surface area contributed by atoms with Crippen LogP contribution < -0.4 is 15.8 Å². The Kier molecular flexibility index (Phi) is 7.43. The molecule has 0 aromatic heterocycles. The van der Waals surface area contributed by atoms with Crippen LogP contribution in [0.15, 0.2) is 83.9 Å². The first-order chi connectivity index (χ1) is 13.1. The highest BCUT2D eigenvalue weighted by atomic mass is 16.5. The molecule has 3 aromatic carbocycles. The third-order valence-electron chi connectivity index (χ3n) is 3.46. The highest BCUT2D eigenvalue weighted by Gasteiger charge is 2.02. The van der Waals surface area contributed by atoms with Gasteiger partial charge in [0.1, 0.15) is 5.75 Å². The maximum atomic E-state index is 8.71. The molecule has 0 amide bonds. The Balaban J connectivity index is 0.000000273. The van der Waals surface area contributed by atoms with Crippen molar-refractivity contribution in [1.82, 2.24) is 5.32 Å². The number of hydrogen-bond acceptors (Lipinski definition) is 4. The van der Waals surface area contributed by atoms with Crippen LogP contribution in [0.2, 0.25) is 0 Å². The van der Waals surface area contributed by atoms with Crippen LogP contribution in [0, 0.1) is 25.3 Å². The van der Waals surface area contributed by atoms with Gasteiger partial charge in [-0.3, -0.25) is 0 Å². The van der Waals surface area contributed by atoms with Crippen molar-refractivity contribution in [3.63, 3.8) is 0 Å². The first-order valence-electron chi connectivity index (χ1n) is 8.42. The van der Waals surface area contributed by atoms with Crippen molar-refractivity contribution in [2.45, 2.75) is 13.8 Å². The van der Waals surface area contributed by atoms with Crippen LogP contribution in [0.1, 0.15) is 11.1 Å². The van der Waals surface area contributed by atoms with E-state index in [0.29, 0.717) is 5.75 Å². The number of hydrogen-bond donors (Lipinski definition) is 2. The van der Waals surface area contributed by atoms with E-state index in [4.69, 9.17) is 15.7 Å². The second-order valence-electron chi connectivity index (χ2n) is 5.82. The van der Waals surface area contributed by atoms with E-state index < -0.39 is 0 Å². The molecule has 0 bridgehead atoms. The van der Waals surface area contributed by atoms with Crippen molar-refractivity contribution in [3.8, 4) is 11.9 Å². The van der Waals surface area contributed by atoms with E-state index in [1.807, 2.05) is 86.8 Å². The first kappa shape index (κ1) is 19.5. The van der Waals surface area contributed by atoms with Crippen LogP contribution in [-0.2, 0) is 0 Å². The molecular formula is C22H22N4O. The Bertz CT molecular complexity index is 875. The van der Waals surface area contributed by atoms with Crippen LogP contribution in [0.5, 0.6) is 5.75 Å². The third-order valence-corrected chi connectivity index (χ3v) is 3.46. The lowest BCUT2D eigenvalue weighted by Gasteiger charge is -2.06. The fraction of sp³-hybridized carbons (Fsp3) is 0.0909. The van der Waals surface area contributed by atoms with E-state index >= 15 is 0 Å². The smallest absolute Gasteiger partial charge is 0.309 e. The maximum absolute atomic E-state index is 8.71. The third kappa shape index (κ3) is 7.32. The van der Waals surface area contributed by atoms with Gasteiger partial charge in [-0.1, -0.05) is 53.6 Å². The topological polar surface area (TPSA) is 83.4 Å². The number of para-hydroxylation sites is 1. The van der Waals surface area contributed by atoms with Gasteiger partial charge in [0.2, 0.25) is 0 Å². The molecule has 0 saturated carbocycles. The normalized spacial score (nSPS) is 10.2. The summed E-state index contributed by atoms with van der Waals surface area (Å²) in [4.78, 5) is 4.25. The summed E-state index contributed by atoms with van der Waals surface area (Å²) in [6, 6.07) is 24.8. The Labute approximate surface area is 159 Å². The van der Waals surface area contributed by atoms with Crippen molar-refractivity contribution < 1.29 is 4.74 Å². The van der Waals surface area contributed by atoms with Crippen molar-refractivity contribution in [2.75, 3.05) is 5.73 Å². The van der Waals surface area contributed by atoms with Gasteiger partial charge in [0, 0.05) is 5.69 Å². The molecule has 0 atom stereocenters. The molecule has 0 fully saturated rings. The summed E-state index contributed by atoms with van der Waals surface area (Å²) in [5.74, 6) is 0.621. The molecule has 5 heteroatoms. The lowest BCUT2D eigenvalue weighted by Crippen LogP contribution is -2.23. The zero-order valence-corrected chi connectivity index (χ0v) is 15.4. The lowest BCUT2D eigenvalue weighted by molar-refractivity contribution is 0.531. The molecule has 136 valence electrons. The predicted molar refractivity (Wildman–Crippen MR) is 110 cm³/mol. The highest BCUT2D eigenvalue weighted by Crippen LogP contribution is 2.14. The SMILES string of the molecule is Cc1ccc(N)cc1.Cc1ccc(N=C(NC#N)Oc2ccccc2)cc1. The number of nitrogen functional groups attached to an aromatic ring is 1. The van der Waals surface area contributed by atoms with E-state index in [9.17, 15) is 0 Å². The molecular weight excluding hydrogens is 336 g/mol. The summed E-state index contributed by atoms with van der Waals surface area (Å²) in [6.45, 7) is 4.04. The van der Waals surface area contributed by atoms with Gasteiger partial charge in [-0.15, -0.1) is 0 Å². The summed E-state index contributed by atoms with van der Waals surface area (Å²) in [7, 11) is 0. The standard InChI is InChI=1S/C15H13N3O.C7H9N/c1-12-7-9-13(10-8-12)18-15(17-11-16)19-14-5-3-2-4-6-14;1-6-2-4-7(8)5-3-6/h2-10H,1H3,(H,17,18);2-5H,8H2,1H3. The van der Waals surface area contributed by atoms with Crippen LogP contribution in [0.4, 0.5) is 11.4 Å². The Morgan fingerprint density at radius 2 is 1.44 bits per heavy atom. The second-order valence-corrected chi connectivity index (χ2v) is 5.82. The number of nitriles is 1. The number of nitrogens with one attached hydrogen (secondary N) is 1. The van der Waals surface area contributed by atoms with Crippen molar-refractivity contribution in [1.29, 1.82) is 5.26 Å². The number of nitrogens with zero attached hydrogens (tertiary/aromatic N) is 2. The molecule has 0 aliphatic carbocycles. The Hall–Kier alpha value is -3.78. The van der Waals surface area contributed by atoms with Gasteiger partial charge in [0.15, 0.2) is 6.19 Å². The van der Waals surface area contributed by atoms with Crippen LogP contribution >= 0.6 is 0 Å². The molecule has 0 spiro atoms. The number of aliphatic imine (C=N–C) groups is 1. The molecule has 3 aromatic rings. The molecule has 0 radical (unpaired) electrons. The Morgan fingerprint density at radius 3 is 1.96 bits per heavy atom. The summed E-state index contributed by atoms with van der Waals surface area (Å²) in [6.07, 6.45) is 1.81. The predicted octanol–water partition coefficient (Wildman–Crippen LogP) is 4.71. The number of ether oxygens (including phenoxy) is 1. The number of benzene rings is 3. The molecule has 5 nitrogen and oxygen atoms in total. The van der Waals surface area contributed by atoms with Crippen molar-refractivity contribution in [2.24, 2.45) is 4.99 Å². The fourth-order valence-corrected chi connectivity index (χ4v) is 2.03. The fourth-order valence-electron chi connectivity index (χ4n) is 2.03. The van der Waals surface area contributed by atoms with Gasteiger partial charge in [-0.25, -0.2) is 5.32 Å². The number of aryl methyl sites for hydroxylation is 2. The number of rotatable bonds is 2. The number of nitrogens with two attached hydrogens (primary N) is 1. The van der Waals surface area contributed by atoms with Crippen molar-refractivity contribution in [3.05, 3.63) is 90.0 Å². The summed E-state index contributed by atoms with van der Waals surface area (Å²) < 4.78 is 5.51. The zero-order chi connectivity index (χ0) is 19.5. The average Bonchev–Trinajstić information content (AvgIpc) is 2.67. The van der Waals surface area contributed by atoms with E-state index in [1.54, 1.807) is 12.1 Å². The monoisotopic (exact) mass is 358 g/mol. The van der Waals surface area contributed by atoms with Crippen molar-refractivity contribution >= 4 is 17.4 Å². The minimum absolute atomic E-state index is 0.151. The lowest BCUT2D eigenvalue weighted by atomic mass is 10.2. The van der Waals surface area contributed by atoms with E-state index in [-0.39, 0.29) is 6.02 Å². The van der Waals surface area contributed by atoms with E-state index in [1.165, 1.54) is 5.56 Å². The first-order valence-corrected chi connectivity index (χ1v) is 8.42. The molecule has 0 unspecified atom stereocenters. The summed E-state index contributed by atoms with van der Waals surface area (Å²) in [5, 5.41) is 11.1. The minimum atomic E-state index is 0.151. The summed E-state index contributed by atoms with van der Waals surface area (Å²) >= 11 is 0. The maximum Gasteiger partial charge on any atom is 0.309 e. The van der Waals surface area contributed by atoms with Crippen LogP contribution in [-0.4, -0.2) is 6.02 Å². The zero-order valence-electron chi connectivity index (χ0n) is 15.4. The second kappa shape index (κ2) is 10.3. The van der Waals surface area contributed by atoms with Crippen LogP contribution in [0.25, 0.3) is 0 Å². The molecule has 3 rings (SSSR count). The van der Waals surface area contributed by atoms with E-state index in [2.05, 4.69) is 10.3 Å². The molecule has 0 aliphatic rings.